The lowest BCUT2D eigenvalue weighted by molar-refractivity contribution is -0.133. The minimum atomic E-state index is -0.928. The molecule has 6 heteroatoms. The molecule has 2 aliphatic heterocycles. The standard InChI is InChI=1S/C31H35N3O3/c1-33-29(35)31(32-30(33)36,21-23-10-9-15-27(20-23)37-2)26-16-18-34(19-17-26)22-28(24-11-5-3-6-12-24)25-13-7-4-8-14-25/h3-15,20,26,28H,16-19,21-22H2,1-2H3,(H,32,36). The van der Waals surface area contributed by atoms with E-state index in [2.05, 4.69) is 70.9 Å². The van der Waals surface area contributed by atoms with Crippen molar-refractivity contribution >= 4 is 11.9 Å². The second-order valence-electron chi connectivity index (χ2n) is 10.2. The van der Waals surface area contributed by atoms with Crippen LogP contribution in [0.1, 0.15) is 35.4 Å². The van der Waals surface area contributed by atoms with Gasteiger partial charge in [-0.05, 0) is 60.7 Å². The van der Waals surface area contributed by atoms with E-state index in [4.69, 9.17) is 4.74 Å². The Bertz CT molecular complexity index is 1190. The Hall–Kier alpha value is -3.64. The zero-order valence-corrected chi connectivity index (χ0v) is 21.6. The summed E-state index contributed by atoms with van der Waals surface area (Å²) in [5.41, 5.74) is 2.68. The number of amides is 3. The highest BCUT2D eigenvalue weighted by Crippen LogP contribution is 2.37. The first-order chi connectivity index (χ1) is 18.0. The summed E-state index contributed by atoms with van der Waals surface area (Å²) in [6, 6.07) is 28.8. The lowest BCUT2D eigenvalue weighted by atomic mass is 9.73. The van der Waals surface area contributed by atoms with E-state index in [1.54, 1.807) is 14.2 Å². The predicted octanol–water partition coefficient (Wildman–Crippen LogP) is 4.70. The Balaban J connectivity index is 1.34. The Morgan fingerprint density at radius 1 is 0.919 bits per heavy atom. The van der Waals surface area contributed by atoms with E-state index in [0.29, 0.717) is 6.42 Å². The van der Waals surface area contributed by atoms with Gasteiger partial charge in [-0.3, -0.25) is 9.69 Å². The molecule has 3 aromatic carbocycles. The molecular weight excluding hydrogens is 462 g/mol. The third kappa shape index (κ3) is 5.12. The molecule has 0 saturated carbocycles. The number of piperidine rings is 1. The van der Waals surface area contributed by atoms with Crippen molar-refractivity contribution in [3.8, 4) is 5.75 Å². The van der Waals surface area contributed by atoms with Gasteiger partial charge in [0.1, 0.15) is 11.3 Å². The third-order valence-electron chi connectivity index (χ3n) is 8.07. The van der Waals surface area contributed by atoms with Crippen LogP contribution in [0, 0.1) is 5.92 Å². The van der Waals surface area contributed by atoms with Crippen molar-refractivity contribution in [3.05, 3.63) is 102 Å². The lowest BCUT2D eigenvalue weighted by Crippen LogP contribution is -2.57. The van der Waals surface area contributed by atoms with Crippen LogP contribution in [-0.4, -0.2) is 61.1 Å². The summed E-state index contributed by atoms with van der Waals surface area (Å²) < 4.78 is 5.40. The smallest absolute Gasteiger partial charge is 0.324 e. The number of urea groups is 1. The predicted molar refractivity (Wildman–Crippen MR) is 145 cm³/mol. The lowest BCUT2D eigenvalue weighted by Gasteiger charge is -2.42. The van der Waals surface area contributed by atoms with Gasteiger partial charge in [-0.15, -0.1) is 0 Å². The molecule has 0 radical (unpaired) electrons. The van der Waals surface area contributed by atoms with Crippen molar-refractivity contribution in [2.75, 3.05) is 33.8 Å². The van der Waals surface area contributed by atoms with Gasteiger partial charge in [0.15, 0.2) is 0 Å². The van der Waals surface area contributed by atoms with Crippen LogP contribution in [0.15, 0.2) is 84.9 Å². The number of carbonyl (C=O) groups excluding carboxylic acids is 2. The summed E-state index contributed by atoms with van der Waals surface area (Å²) in [6.45, 7) is 2.69. The molecule has 3 amide bonds. The van der Waals surface area contributed by atoms with Gasteiger partial charge in [-0.1, -0.05) is 72.8 Å². The number of rotatable bonds is 8. The summed E-state index contributed by atoms with van der Waals surface area (Å²) >= 11 is 0. The van der Waals surface area contributed by atoms with E-state index in [9.17, 15) is 9.59 Å². The first kappa shape index (κ1) is 25.0. The summed E-state index contributed by atoms with van der Waals surface area (Å²) in [6.07, 6.45) is 2.15. The fourth-order valence-corrected chi connectivity index (χ4v) is 6.01. The number of hydrogen-bond acceptors (Lipinski definition) is 4. The fraction of sp³-hybridized carbons (Fsp3) is 0.355. The molecule has 0 aliphatic carbocycles. The van der Waals surface area contributed by atoms with Crippen LogP contribution >= 0.6 is 0 Å². The fourth-order valence-electron chi connectivity index (χ4n) is 6.01. The van der Waals surface area contributed by atoms with Gasteiger partial charge < -0.3 is 15.0 Å². The molecule has 0 bridgehead atoms. The molecule has 2 saturated heterocycles. The van der Waals surface area contributed by atoms with Crippen LogP contribution in [0.25, 0.3) is 0 Å². The molecule has 0 spiro atoms. The maximum atomic E-state index is 13.5. The van der Waals surface area contributed by atoms with E-state index in [1.165, 1.54) is 16.0 Å². The number of carbonyl (C=O) groups is 2. The number of nitrogens with zero attached hydrogens (tertiary/aromatic N) is 2. The van der Waals surface area contributed by atoms with Gasteiger partial charge in [0.05, 0.1) is 7.11 Å². The van der Waals surface area contributed by atoms with Crippen LogP contribution in [0.2, 0.25) is 0 Å². The Morgan fingerprint density at radius 2 is 1.54 bits per heavy atom. The Labute approximate surface area is 219 Å². The topological polar surface area (TPSA) is 61.9 Å². The highest BCUT2D eigenvalue weighted by atomic mass is 16.5. The van der Waals surface area contributed by atoms with Gasteiger partial charge in [0, 0.05) is 25.9 Å². The molecule has 1 unspecified atom stereocenters. The molecule has 0 aromatic heterocycles. The van der Waals surface area contributed by atoms with E-state index in [-0.39, 0.29) is 23.8 Å². The van der Waals surface area contributed by atoms with Gasteiger partial charge in [0.25, 0.3) is 5.91 Å². The van der Waals surface area contributed by atoms with Crippen LogP contribution in [-0.2, 0) is 11.2 Å². The van der Waals surface area contributed by atoms with E-state index >= 15 is 0 Å². The zero-order chi connectivity index (χ0) is 25.8. The molecular formula is C31H35N3O3. The molecule has 2 fully saturated rings. The number of ether oxygens (including phenoxy) is 1. The highest BCUT2D eigenvalue weighted by Gasteiger charge is 2.54. The molecule has 2 heterocycles. The zero-order valence-electron chi connectivity index (χ0n) is 21.6. The van der Waals surface area contributed by atoms with Crippen LogP contribution in [0.5, 0.6) is 5.75 Å². The SMILES string of the molecule is COc1cccc(CC2(C3CCN(CC(c4ccccc4)c4ccccc4)CC3)NC(=O)N(C)C2=O)c1. The van der Waals surface area contributed by atoms with Crippen LogP contribution in [0.4, 0.5) is 4.79 Å². The van der Waals surface area contributed by atoms with Crippen molar-refractivity contribution in [3.63, 3.8) is 0 Å². The molecule has 3 aromatic rings. The Kier molecular flexibility index (Phi) is 7.28. The number of hydrogen-bond donors (Lipinski definition) is 1. The van der Waals surface area contributed by atoms with Gasteiger partial charge in [0.2, 0.25) is 0 Å². The number of imide groups is 1. The number of methoxy groups -OCH3 is 1. The van der Waals surface area contributed by atoms with Crippen molar-refractivity contribution in [1.82, 2.24) is 15.1 Å². The first-order valence-corrected chi connectivity index (χ1v) is 13.1. The summed E-state index contributed by atoms with van der Waals surface area (Å²) in [5.74, 6) is 0.956. The monoisotopic (exact) mass is 497 g/mol. The van der Waals surface area contributed by atoms with Crippen LogP contribution < -0.4 is 10.1 Å². The number of likely N-dealkylation sites (N-methyl/N-ethyl adjacent to an activating group) is 1. The van der Waals surface area contributed by atoms with Crippen LogP contribution in [0.3, 0.4) is 0 Å². The minimum Gasteiger partial charge on any atom is -0.497 e. The molecule has 5 rings (SSSR count). The maximum Gasteiger partial charge on any atom is 0.324 e. The first-order valence-electron chi connectivity index (χ1n) is 13.1. The second-order valence-corrected chi connectivity index (χ2v) is 10.2. The summed E-state index contributed by atoms with van der Waals surface area (Å²) in [5, 5.41) is 3.11. The molecule has 6 nitrogen and oxygen atoms in total. The quantitative estimate of drug-likeness (QED) is 0.458. The maximum absolute atomic E-state index is 13.5. The Morgan fingerprint density at radius 3 is 2.08 bits per heavy atom. The second kappa shape index (κ2) is 10.8. The largest absolute Gasteiger partial charge is 0.497 e. The van der Waals surface area contributed by atoms with Crippen molar-refractivity contribution in [1.29, 1.82) is 0 Å². The number of likely N-dealkylation sites (tertiary alicyclic amines) is 1. The highest BCUT2D eigenvalue weighted by molar-refractivity contribution is 6.07. The third-order valence-corrected chi connectivity index (χ3v) is 8.07. The van der Waals surface area contributed by atoms with E-state index < -0.39 is 5.54 Å². The van der Waals surface area contributed by atoms with Gasteiger partial charge >= 0.3 is 6.03 Å². The molecule has 2 aliphatic rings. The summed E-state index contributed by atoms with van der Waals surface area (Å²) in [7, 11) is 3.21. The van der Waals surface area contributed by atoms with Crippen molar-refractivity contribution < 1.29 is 14.3 Å². The minimum absolute atomic E-state index is 0.0586. The molecule has 1 atom stereocenters. The summed E-state index contributed by atoms with van der Waals surface area (Å²) in [4.78, 5) is 29.9. The average molecular weight is 498 g/mol. The van der Waals surface area contributed by atoms with Crippen molar-refractivity contribution in [2.45, 2.75) is 30.7 Å². The normalized spacial score (nSPS) is 20.9. The number of benzene rings is 3. The molecule has 1 N–H and O–H groups in total. The van der Waals surface area contributed by atoms with Gasteiger partial charge in [-0.2, -0.15) is 0 Å². The number of nitrogens with one attached hydrogen (secondary N) is 1. The van der Waals surface area contributed by atoms with E-state index in [1.807, 2.05) is 24.3 Å². The average Bonchev–Trinajstić information content (AvgIpc) is 3.17. The van der Waals surface area contributed by atoms with Crippen molar-refractivity contribution in [2.24, 2.45) is 5.92 Å². The van der Waals surface area contributed by atoms with E-state index in [0.717, 1.165) is 43.8 Å². The molecule has 192 valence electrons. The molecule has 37 heavy (non-hydrogen) atoms. The van der Waals surface area contributed by atoms with Gasteiger partial charge in [-0.25, -0.2) is 4.79 Å².